The summed E-state index contributed by atoms with van der Waals surface area (Å²) in [6.07, 6.45) is 2.11. The van der Waals surface area contributed by atoms with Crippen LogP contribution in [0.25, 0.3) is 10.8 Å². The number of hydrogen-bond donors (Lipinski definition) is 6. The van der Waals surface area contributed by atoms with Crippen LogP contribution in [0.1, 0.15) is 63.6 Å². The third-order valence-corrected chi connectivity index (χ3v) is 9.73. The number of aliphatic hydroxyl groups excluding tert-OH is 2. The standard InChI is InChI=1S/C43H55N5O7/c1-5-29(4)38(26-49)45-40(51)25-39(50)35(22-28(2)3)46-41(52)36(23-30-18-20-44-21-19-30)47-42(53)37(48-43(54)55-27-31-12-7-6-8-13-31)24-33-16-11-15-32-14-9-10-17-34(32)33/h6-21,28-29,35-39,49-50H,5,22-27H2,1-4H3,(H,45,51)(H,46,52)(H,47,53)(H,48,54)/t29?,35?,36-,37-,38+,39?/m0/s1. The van der Waals surface area contributed by atoms with Crippen molar-refractivity contribution in [2.75, 3.05) is 6.61 Å². The maximum Gasteiger partial charge on any atom is 0.408 e. The summed E-state index contributed by atoms with van der Waals surface area (Å²) in [5, 5.41) is 34.3. The predicted octanol–water partition coefficient (Wildman–Crippen LogP) is 4.60. The molecule has 0 bridgehead atoms. The van der Waals surface area contributed by atoms with Gasteiger partial charge in [-0.25, -0.2) is 4.79 Å². The number of benzene rings is 3. The van der Waals surface area contributed by atoms with E-state index in [1.54, 1.807) is 24.5 Å². The molecule has 4 amide bonds. The first-order valence-corrected chi connectivity index (χ1v) is 19.0. The summed E-state index contributed by atoms with van der Waals surface area (Å²) in [6, 6.07) is 22.6. The Balaban J connectivity index is 1.57. The number of alkyl carbamates (subject to hydrolysis) is 1. The number of hydrogen-bond acceptors (Lipinski definition) is 8. The van der Waals surface area contributed by atoms with Crippen LogP contribution >= 0.6 is 0 Å². The summed E-state index contributed by atoms with van der Waals surface area (Å²) < 4.78 is 5.49. The molecule has 12 nitrogen and oxygen atoms in total. The fourth-order valence-electron chi connectivity index (χ4n) is 6.40. The minimum absolute atomic E-state index is 0.00176. The molecule has 0 spiro atoms. The van der Waals surface area contributed by atoms with Gasteiger partial charge in [0, 0.05) is 25.2 Å². The summed E-state index contributed by atoms with van der Waals surface area (Å²) in [5.74, 6) is -1.56. The fraction of sp³-hybridized carbons (Fsp3) is 0.419. The number of rotatable bonds is 20. The molecule has 0 fully saturated rings. The van der Waals surface area contributed by atoms with Crippen molar-refractivity contribution in [1.82, 2.24) is 26.3 Å². The first-order valence-electron chi connectivity index (χ1n) is 19.0. The molecule has 4 rings (SSSR count). The first-order chi connectivity index (χ1) is 26.5. The maximum atomic E-state index is 14.3. The monoisotopic (exact) mass is 753 g/mol. The van der Waals surface area contributed by atoms with Crippen molar-refractivity contribution < 1.29 is 34.1 Å². The van der Waals surface area contributed by atoms with E-state index in [1.165, 1.54) is 0 Å². The van der Waals surface area contributed by atoms with Crippen LogP contribution in [0.5, 0.6) is 0 Å². The van der Waals surface area contributed by atoms with Crippen LogP contribution in [0.15, 0.2) is 97.3 Å². The molecule has 0 radical (unpaired) electrons. The van der Waals surface area contributed by atoms with Gasteiger partial charge in [-0.1, -0.05) is 107 Å². The van der Waals surface area contributed by atoms with Crippen molar-refractivity contribution >= 4 is 34.6 Å². The summed E-state index contributed by atoms with van der Waals surface area (Å²) in [6.45, 7) is 7.52. The molecule has 55 heavy (non-hydrogen) atoms. The van der Waals surface area contributed by atoms with Crippen LogP contribution in [0, 0.1) is 11.8 Å². The van der Waals surface area contributed by atoms with Gasteiger partial charge in [-0.15, -0.1) is 0 Å². The molecule has 0 aliphatic rings. The quantitative estimate of drug-likeness (QED) is 0.0758. The Morgan fingerprint density at radius 2 is 1.38 bits per heavy atom. The number of nitrogens with zero attached hydrogens (tertiary/aromatic N) is 1. The third-order valence-electron chi connectivity index (χ3n) is 9.73. The van der Waals surface area contributed by atoms with Crippen LogP contribution < -0.4 is 21.3 Å². The van der Waals surface area contributed by atoms with Gasteiger partial charge in [-0.2, -0.15) is 0 Å². The Morgan fingerprint density at radius 1 is 0.727 bits per heavy atom. The molecule has 294 valence electrons. The number of carbonyl (C=O) groups is 4. The van der Waals surface area contributed by atoms with E-state index in [1.807, 2.05) is 100 Å². The number of carbonyl (C=O) groups excluding carboxylic acids is 4. The zero-order chi connectivity index (χ0) is 39.7. The SMILES string of the molecule is CCC(C)[C@@H](CO)NC(=O)CC(O)C(CC(C)C)NC(=O)[C@H](Cc1ccncc1)NC(=O)[C@H](Cc1cccc2ccccc12)NC(=O)OCc1ccccc1. The van der Waals surface area contributed by atoms with E-state index >= 15 is 0 Å². The van der Waals surface area contributed by atoms with Gasteiger partial charge < -0.3 is 36.2 Å². The second-order valence-electron chi connectivity index (χ2n) is 14.5. The molecule has 0 aliphatic heterocycles. The van der Waals surface area contributed by atoms with Crippen molar-refractivity contribution in [3.8, 4) is 0 Å². The van der Waals surface area contributed by atoms with E-state index in [2.05, 4.69) is 26.3 Å². The zero-order valence-corrected chi connectivity index (χ0v) is 32.1. The van der Waals surface area contributed by atoms with Crippen molar-refractivity contribution in [3.05, 3.63) is 114 Å². The van der Waals surface area contributed by atoms with Crippen molar-refractivity contribution in [1.29, 1.82) is 0 Å². The zero-order valence-electron chi connectivity index (χ0n) is 32.1. The number of aliphatic hydroxyl groups is 2. The van der Waals surface area contributed by atoms with Gasteiger partial charge in [0.25, 0.3) is 0 Å². The molecule has 1 heterocycles. The van der Waals surface area contributed by atoms with Gasteiger partial charge in [0.15, 0.2) is 0 Å². The molecule has 0 saturated carbocycles. The number of pyridine rings is 1. The Bertz CT molecular complexity index is 1820. The molecule has 3 aromatic carbocycles. The number of amides is 4. The van der Waals surface area contributed by atoms with Gasteiger partial charge in [0.1, 0.15) is 18.7 Å². The van der Waals surface area contributed by atoms with Crippen LogP contribution in [-0.2, 0) is 38.6 Å². The Labute approximate surface area is 323 Å². The van der Waals surface area contributed by atoms with E-state index in [9.17, 15) is 29.4 Å². The Kier molecular flexibility index (Phi) is 16.6. The minimum atomic E-state index is -1.25. The lowest BCUT2D eigenvalue weighted by molar-refractivity contribution is -0.131. The smallest absolute Gasteiger partial charge is 0.408 e. The van der Waals surface area contributed by atoms with Gasteiger partial charge in [-0.3, -0.25) is 19.4 Å². The summed E-state index contributed by atoms with van der Waals surface area (Å²) in [4.78, 5) is 58.6. The maximum absolute atomic E-state index is 14.3. The second-order valence-corrected chi connectivity index (χ2v) is 14.5. The largest absolute Gasteiger partial charge is 0.445 e. The van der Waals surface area contributed by atoms with E-state index in [4.69, 9.17) is 4.74 Å². The van der Waals surface area contributed by atoms with Gasteiger partial charge in [0.05, 0.1) is 31.2 Å². The van der Waals surface area contributed by atoms with Gasteiger partial charge >= 0.3 is 6.09 Å². The highest BCUT2D eigenvalue weighted by molar-refractivity contribution is 5.93. The Morgan fingerprint density at radius 3 is 2.07 bits per heavy atom. The molecule has 6 N–H and O–H groups in total. The molecular weight excluding hydrogens is 699 g/mol. The van der Waals surface area contributed by atoms with Crippen LogP contribution in [0.4, 0.5) is 4.79 Å². The molecule has 0 saturated heterocycles. The lowest BCUT2D eigenvalue weighted by Crippen LogP contribution is -2.57. The number of fused-ring (bicyclic) bond motifs is 1. The average molecular weight is 754 g/mol. The van der Waals surface area contributed by atoms with Crippen LogP contribution in [-0.4, -0.2) is 75.9 Å². The number of aromatic nitrogens is 1. The average Bonchev–Trinajstić information content (AvgIpc) is 3.18. The van der Waals surface area contributed by atoms with Crippen LogP contribution in [0.2, 0.25) is 0 Å². The van der Waals surface area contributed by atoms with E-state index in [0.29, 0.717) is 6.42 Å². The Hall–Kier alpha value is -5.33. The molecular formula is C43H55N5O7. The summed E-state index contributed by atoms with van der Waals surface area (Å²) in [7, 11) is 0. The highest BCUT2D eigenvalue weighted by atomic mass is 16.5. The topological polar surface area (TPSA) is 179 Å². The molecule has 12 heteroatoms. The number of ether oxygens (including phenoxy) is 1. The summed E-state index contributed by atoms with van der Waals surface area (Å²) in [5.41, 5.74) is 2.31. The van der Waals surface area contributed by atoms with Crippen molar-refractivity contribution in [2.24, 2.45) is 11.8 Å². The minimum Gasteiger partial charge on any atom is -0.445 e. The first kappa shape index (κ1) is 42.4. The van der Waals surface area contributed by atoms with E-state index in [0.717, 1.165) is 33.9 Å². The predicted molar refractivity (Wildman–Crippen MR) is 212 cm³/mol. The van der Waals surface area contributed by atoms with Gasteiger partial charge in [-0.05, 0) is 57.9 Å². The molecule has 1 aromatic heterocycles. The van der Waals surface area contributed by atoms with E-state index < -0.39 is 54.1 Å². The lowest BCUT2D eigenvalue weighted by Gasteiger charge is -2.29. The van der Waals surface area contributed by atoms with E-state index in [-0.39, 0.29) is 44.3 Å². The highest BCUT2D eigenvalue weighted by Gasteiger charge is 2.32. The molecule has 6 atom stereocenters. The van der Waals surface area contributed by atoms with Crippen LogP contribution in [0.3, 0.4) is 0 Å². The molecule has 4 aromatic rings. The third kappa shape index (κ3) is 13.5. The lowest BCUT2D eigenvalue weighted by atomic mass is 9.95. The second kappa shape index (κ2) is 21.5. The normalized spacial score (nSPS) is 14.5. The highest BCUT2D eigenvalue weighted by Crippen LogP contribution is 2.21. The summed E-state index contributed by atoms with van der Waals surface area (Å²) >= 11 is 0. The van der Waals surface area contributed by atoms with Crippen molar-refractivity contribution in [2.45, 2.75) is 96.7 Å². The number of nitrogens with one attached hydrogen (secondary N) is 4. The molecule has 3 unspecified atom stereocenters. The van der Waals surface area contributed by atoms with Gasteiger partial charge in [0.2, 0.25) is 17.7 Å². The fourth-order valence-corrected chi connectivity index (χ4v) is 6.40. The van der Waals surface area contributed by atoms with Crippen molar-refractivity contribution in [3.63, 3.8) is 0 Å². The molecule has 0 aliphatic carbocycles.